The number of ether oxygens (including phenoxy) is 1. The van der Waals surface area contributed by atoms with E-state index in [4.69, 9.17) is 4.74 Å². The fraction of sp³-hybridized carbons (Fsp3) is 0.750. The summed E-state index contributed by atoms with van der Waals surface area (Å²) in [6.07, 6.45) is 5.38. The van der Waals surface area contributed by atoms with Crippen LogP contribution in [0, 0.1) is 11.8 Å². The third kappa shape index (κ3) is 3.46. The van der Waals surface area contributed by atoms with E-state index < -0.39 is 23.7 Å². The van der Waals surface area contributed by atoms with Crippen LogP contribution in [-0.2, 0) is 14.3 Å². The number of hydrogen-bond donors (Lipinski definition) is 2. The van der Waals surface area contributed by atoms with Crippen LogP contribution in [0.4, 0.5) is 0 Å². The van der Waals surface area contributed by atoms with Crippen LogP contribution in [0.2, 0.25) is 0 Å². The lowest BCUT2D eigenvalue weighted by Crippen LogP contribution is -2.54. The molecule has 2 N–H and O–H groups in total. The summed E-state index contributed by atoms with van der Waals surface area (Å²) in [5, 5.41) is 13.5. The Balaban J connectivity index is 3.05. The molecule has 5 heteroatoms. The normalized spacial score (nSPS) is 32.0. The van der Waals surface area contributed by atoms with Gasteiger partial charge in [0, 0.05) is 5.92 Å². The fourth-order valence-corrected chi connectivity index (χ4v) is 3.20. The Morgan fingerprint density at radius 2 is 2.10 bits per heavy atom. The predicted molar refractivity (Wildman–Crippen MR) is 80.5 cm³/mol. The van der Waals surface area contributed by atoms with E-state index in [9.17, 15) is 14.7 Å². The molecule has 1 fully saturated rings. The molecule has 0 unspecified atom stereocenters. The summed E-state index contributed by atoms with van der Waals surface area (Å²) < 4.78 is 5.25. The Morgan fingerprint density at radius 3 is 2.57 bits per heavy atom. The average molecular weight is 297 g/mol. The number of amides is 1. The van der Waals surface area contributed by atoms with Crippen LogP contribution in [0.5, 0.6) is 0 Å². The summed E-state index contributed by atoms with van der Waals surface area (Å²) in [6.45, 7) is 7.97. The molecule has 0 bridgehead atoms. The van der Waals surface area contributed by atoms with E-state index in [2.05, 4.69) is 5.32 Å². The van der Waals surface area contributed by atoms with Gasteiger partial charge < -0.3 is 15.2 Å². The summed E-state index contributed by atoms with van der Waals surface area (Å²) >= 11 is 0. The van der Waals surface area contributed by atoms with Gasteiger partial charge in [0.25, 0.3) is 6.47 Å². The smallest absolute Gasteiger partial charge is 0.293 e. The molecule has 0 spiro atoms. The van der Waals surface area contributed by atoms with Gasteiger partial charge in [-0.2, -0.15) is 0 Å². The lowest BCUT2D eigenvalue weighted by Gasteiger charge is -2.36. The van der Waals surface area contributed by atoms with Crippen LogP contribution in [0.1, 0.15) is 47.0 Å². The van der Waals surface area contributed by atoms with E-state index >= 15 is 0 Å². The van der Waals surface area contributed by atoms with Gasteiger partial charge in [-0.1, -0.05) is 32.9 Å². The molecular weight excluding hydrogens is 270 g/mol. The summed E-state index contributed by atoms with van der Waals surface area (Å²) in [4.78, 5) is 23.0. The third-order valence-corrected chi connectivity index (χ3v) is 4.50. The van der Waals surface area contributed by atoms with Crippen molar-refractivity contribution in [2.45, 2.75) is 64.7 Å². The lowest BCUT2D eigenvalue weighted by atomic mass is 9.79. The summed E-state index contributed by atoms with van der Waals surface area (Å²) in [5.74, 6) is -0.685. The van der Waals surface area contributed by atoms with Crippen molar-refractivity contribution in [2.24, 2.45) is 11.8 Å². The molecule has 0 aromatic heterocycles. The van der Waals surface area contributed by atoms with Gasteiger partial charge in [0.15, 0.2) is 0 Å². The highest BCUT2D eigenvalue weighted by Crippen LogP contribution is 2.37. The third-order valence-electron chi connectivity index (χ3n) is 4.50. The molecule has 5 nitrogen and oxygen atoms in total. The number of carbonyl (C=O) groups excluding carboxylic acids is 2. The molecule has 0 radical (unpaired) electrons. The maximum absolute atomic E-state index is 12.1. The van der Waals surface area contributed by atoms with Crippen LogP contribution in [0.15, 0.2) is 12.2 Å². The molecule has 1 aliphatic heterocycles. The van der Waals surface area contributed by atoms with Gasteiger partial charge in [0.05, 0.1) is 18.1 Å². The predicted octanol–water partition coefficient (Wildman–Crippen LogP) is 1.80. The van der Waals surface area contributed by atoms with Gasteiger partial charge >= 0.3 is 0 Å². The van der Waals surface area contributed by atoms with Crippen molar-refractivity contribution in [1.82, 2.24) is 5.32 Å². The van der Waals surface area contributed by atoms with Gasteiger partial charge in [-0.3, -0.25) is 9.59 Å². The zero-order chi connectivity index (χ0) is 16.0. The van der Waals surface area contributed by atoms with Crippen LogP contribution in [-0.4, -0.2) is 35.2 Å². The van der Waals surface area contributed by atoms with Crippen molar-refractivity contribution in [3.05, 3.63) is 12.2 Å². The minimum atomic E-state index is -1.01. The zero-order valence-corrected chi connectivity index (χ0v) is 13.3. The Bertz CT molecular complexity index is 396. The monoisotopic (exact) mass is 297 g/mol. The van der Waals surface area contributed by atoms with E-state index in [1.54, 1.807) is 6.92 Å². The number of allylic oxidation sites excluding steroid dienone is 1. The molecule has 5 atom stereocenters. The Morgan fingerprint density at radius 1 is 1.43 bits per heavy atom. The lowest BCUT2D eigenvalue weighted by molar-refractivity contribution is -0.152. The van der Waals surface area contributed by atoms with Crippen molar-refractivity contribution in [3.8, 4) is 0 Å². The standard InChI is InChI=1S/C16H27NO4/c1-5-8-9-11(6-2)13(19)14-16(4,21-10-18)12(7-3)15(20)17-14/h8-14,19H,5-7H2,1-4H3,(H,17,20)/b9-8-/t11-,12-,13-,14-,16-/m0/s1. The van der Waals surface area contributed by atoms with E-state index in [1.807, 2.05) is 32.9 Å². The maximum atomic E-state index is 12.1. The Labute approximate surface area is 126 Å². The van der Waals surface area contributed by atoms with Crippen molar-refractivity contribution in [2.75, 3.05) is 0 Å². The maximum Gasteiger partial charge on any atom is 0.293 e. The fourth-order valence-electron chi connectivity index (χ4n) is 3.20. The highest BCUT2D eigenvalue weighted by Gasteiger charge is 2.56. The number of aliphatic hydroxyl groups excluding tert-OH is 1. The van der Waals surface area contributed by atoms with Crippen molar-refractivity contribution in [1.29, 1.82) is 0 Å². The van der Waals surface area contributed by atoms with Gasteiger partial charge in [-0.25, -0.2) is 0 Å². The second kappa shape index (κ2) is 7.59. The van der Waals surface area contributed by atoms with Crippen molar-refractivity contribution >= 4 is 12.4 Å². The molecule has 0 aromatic rings. The van der Waals surface area contributed by atoms with Crippen LogP contribution in [0.25, 0.3) is 0 Å². The molecule has 21 heavy (non-hydrogen) atoms. The van der Waals surface area contributed by atoms with Gasteiger partial charge in [-0.15, -0.1) is 0 Å². The molecule has 1 heterocycles. The van der Waals surface area contributed by atoms with Crippen LogP contribution < -0.4 is 5.32 Å². The average Bonchev–Trinajstić information content (AvgIpc) is 2.70. The molecule has 1 amide bonds. The first kappa shape index (κ1) is 17.7. The quantitative estimate of drug-likeness (QED) is 0.529. The Kier molecular flexibility index (Phi) is 6.40. The molecule has 120 valence electrons. The van der Waals surface area contributed by atoms with E-state index in [1.165, 1.54) is 0 Å². The molecular formula is C16H27NO4. The minimum Gasteiger partial charge on any atom is -0.458 e. The van der Waals surface area contributed by atoms with Gasteiger partial charge in [0.2, 0.25) is 5.91 Å². The summed E-state index contributed by atoms with van der Waals surface area (Å²) in [6, 6.07) is -0.591. The number of hydrogen-bond acceptors (Lipinski definition) is 4. The van der Waals surface area contributed by atoms with Crippen LogP contribution in [0.3, 0.4) is 0 Å². The van der Waals surface area contributed by atoms with Crippen molar-refractivity contribution in [3.63, 3.8) is 0 Å². The van der Waals surface area contributed by atoms with Gasteiger partial charge in [-0.05, 0) is 26.2 Å². The largest absolute Gasteiger partial charge is 0.458 e. The zero-order valence-electron chi connectivity index (χ0n) is 13.3. The topological polar surface area (TPSA) is 75.6 Å². The van der Waals surface area contributed by atoms with E-state index in [0.29, 0.717) is 12.9 Å². The molecule has 1 aliphatic rings. The highest BCUT2D eigenvalue weighted by molar-refractivity contribution is 5.83. The second-order valence-electron chi connectivity index (χ2n) is 5.74. The first-order chi connectivity index (χ1) is 9.96. The minimum absolute atomic E-state index is 0.0829. The number of nitrogens with one attached hydrogen (secondary N) is 1. The molecule has 0 aliphatic carbocycles. The Hall–Kier alpha value is -1.36. The molecule has 1 rings (SSSR count). The second-order valence-corrected chi connectivity index (χ2v) is 5.74. The number of aliphatic hydroxyl groups is 1. The summed E-state index contributed by atoms with van der Waals surface area (Å²) in [7, 11) is 0. The number of rotatable bonds is 8. The first-order valence-corrected chi connectivity index (χ1v) is 7.72. The molecule has 0 aromatic carbocycles. The SMILES string of the molecule is CC/C=C\[C@H](CC)[C@H](O)[C@@H]1NC(=O)[C@H](CC)[C@]1(C)OC=O. The molecule has 1 saturated heterocycles. The highest BCUT2D eigenvalue weighted by atomic mass is 16.5. The van der Waals surface area contributed by atoms with E-state index in [0.717, 1.165) is 12.8 Å². The molecule has 0 saturated carbocycles. The summed E-state index contributed by atoms with van der Waals surface area (Å²) in [5.41, 5.74) is -1.01. The van der Waals surface area contributed by atoms with Crippen LogP contribution >= 0.6 is 0 Å². The van der Waals surface area contributed by atoms with E-state index in [-0.39, 0.29) is 11.8 Å². The first-order valence-electron chi connectivity index (χ1n) is 7.72. The number of carbonyl (C=O) groups is 2. The van der Waals surface area contributed by atoms with Crippen molar-refractivity contribution < 1.29 is 19.4 Å². The van der Waals surface area contributed by atoms with Gasteiger partial charge in [0.1, 0.15) is 5.60 Å².